The van der Waals surface area contributed by atoms with Crippen LogP contribution in [0.1, 0.15) is 17.2 Å². The van der Waals surface area contributed by atoms with Gasteiger partial charge in [-0.05, 0) is 29.7 Å². The first-order valence-electron chi connectivity index (χ1n) is 9.68. The molecule has 0 aliphatic carbocycles. The Labute approximate surface area is 180 Å². The summed E-state index contributed by atoms with van der Waals surface area (Å²) in [5, 5.41) is 0.487. The van der Waals surface area contributed by atoms with Gasteiger partial charge < -0.3 is 9.64 Å². The molecule has 152 valence electrons. The number of nitrogens with zero attached hydrogens (tertiary/aromatic N) is 2. The first kappa shape index (κ1) is 20.3. The molecular formula is C22H23ClN2O3S. The number of halogens is 1. The summed E-state index contributed by atoms with van der Waals surface area (Å²) in [6, 6.07) is 15.0. The standard InChI is InChI=1S/C22H23ClN2O3S/c1-28-22(27)20(16-7-3-4-8-17(16)23)24-10-12-25(13-11-24)21(26)19-14-15-6-2-5-9-18(15)29-19/h2-9,19-20H,10-14H2,1H3/t19-,20-/m0/s1. The molecular weight excluding hydrogens is 408 g/mol. The Bertz CT molecular complexity index is 889. The van der Waals surface area contributed by atoms with Gasteiger partial charge in [-0.2, -0.15) is 0 Å². The van der Waals surface area contributed by atoms with E-state index in [4.69, 9.17) is 16.3 Å². The van der Waals surface area contributed by atoms with Crippen molar-refractivity contribution in [2.24, 2.45) is 0 Å². The lowest BCUT2D eigenvalue weighted by atomic mass is 10.0. The van der Waals surface area contributed by atoms with Crippen LogP contribution in [0.4, 0.5) is 0 Å². The van der Waals surface area contributed by atoms with Crippen LogP contribution in [-0.2, 0) is 20.7 Å². The highest BCUT2D eigenvalue weighted by atomic mass is 35.5. The Morgan fingerprint density at radius 2 is 1.76 bits per heavy atom. The highest BCUT2D eigenvalue weighted by molar-refractivity contribution is 8.01. The van der Waals surface area contributed by atoms with Gasteiger partial charge in [0.15, 0.2) is 0 Å². The number of benzene rings is 2. The third-order valence-electron chi connectivity index (χ3n) is 5.54. The fraction of sp³-hybridized carbons (Fsp3) is 0.364. The number of hydrogen-bond donors (Lipinski definition) is 0. The van der Waals surface area contributed by atoms with Gasteiger partial charge in [0.2, 0.25) is 5.91 Å². The minimum Gasteiger partial charge on any atom is -0.468 e. The zero-order valence-electron chi connectivity index (χ0n) is 16.2. The van der Waals surface area contributed by atoms with Crippen molar-refractivity contribution in [3.8, 4) is 0 Å². The largest absolute Gasteiger partial charge is 0.468 e. The first-order valence-corrected chi connectivity index (χ1v) is 10.9. The molecule has 1 amide bonds. The molecule has 0 aromatic heterocycles. The topological polar surface area (TPSA) is 49.9 Å². The SMILES string of the molecule is COC(=O)[C@H](c1ccccc1Cl)N1CCN(C(=O)[C@@H]2Cc3ccccc3S2)CC1. The average molecular weight is 431 g/mol. The highest BCUT2D eigenvalue weighted by Gasteiger charge is 2.36. The molecule has 2 aromatic rings. The molecule has 0 N–H and O–H groups in total. The number of piperazine rings is 1. The van der Waals surface area contributed by atoms with E-state index in [1.54, 1.807) is 17.8 Å². The van der Waals surface area contributed by atoms with E-state index in [0.29, 0.717) is 31.2 Å². The molecule has 0 saturated carbocycles. The number of ether oxygens (including phenoxy) is 1. The van der Waals surface area contributed by atoms with Gasteiger partial charge in [-0.25, -0.2) is 4.79 Å². The maximum Gasteiger partial charge on any atom is 0.327 e. The molecule has 0 unspecified atom stereocenters. The molecule has 0 radical (unpaired) electrons. The van der Waals surface area contributed by atoms with E-state index in [-0.39, 0.29) is 17.1 Å². The maximum atomic E-state index is 13.0. The minimum atomic E-state index is -0.559. The average Bonchev–Trinajstić information content (AvgIpc) is 3.19. The van der Waals surface area contributed by atoms with E-state index in [1.165, 1.54) is 17.6 Å². The summed E-state index contributed by atoms with van der Waals surface area (Å²) < 4.78 is 5.04. The van der Waals surface area contributed by atoms with E-state index < -0.39 is 6.04 Å². The normalized spacial score (nSPS) is 20.2. The summed E-state index contributed by atoms with van der Waals surface area (Å²) in [6.45, 7) is 2.37. The molecule has 5 nitrogen and oxygen atoms in total. The number of fused-ring (bicyclic) bond motifs is 1. The Hall–Kier alpha value is -2.02. The predicted octanol–water partition coefficient (Wildman–Crippen LogP) is 3.42. The van der Waals surface area contributed by atoms with Crippen LogP contribution >= 0.6 is 23.4 Å². The fourth-order valence-electron chi connectivity index (χ4n) is 4.01. The summed E-state index contributed by atoms with van der Waals surface area (Å²) >= 11 is 8.00. The van der Waals surface area contributed by atoms with E-state index in [1.807, 2.05) is 40.1 Å². The number of methoxy groups -OCH3 is 1. The molecule has 0 bridgehead atoms. The summed E-state index contributed by atoms with van der Waals surface area (Å²) in [6.07, 6.45) is 0.782. The Morgan fingerprint density at radius 3 is 2.45 bits per heavy atom. The highest BCUT2D eigenvalue weighted by Crippen LogP contribution is 2.38. The van der Waals surface area contributed by atoms with E-state index >= 15 is 0 Å². The third kappa shape index (κ3) is 4.15. The Balaban J connectivity index is 1.42. The molecule has 2 aliphatic heterocycles. The second-order valence-corrected chi connectivity index (χ2v) is 8.88. The van der Waals surface area contributed by atoms with Crippen molar-refractivity contribution in [1.82, 2.24) is 9.80 Å². The molecule has 2 heterocycles. The van der Waals surface area contributed by atoms with Gasteiger partial charge >= 0.3 is 5.97 Å². The van der Waals surface area contributed by atoms with E-state index in [2.05, 4.69) is 12.1 Å². The van der Waals surface area contributed by atoms with Crippen LogP contribution < -0.4 is 0 Å². The first-order chi connectivity index (χ1) is 14.1. The van der Waals surface area contributed by atoms with Crippen molar-refractivity contribution in [2.45, 2.75) is 22.6 Å². The second kappa shape index (κ2) is 8.78. The van der Waals surface area contributed by atoms with Crippen molar-refractivity contribution in [3.05, 3.63) is 64.7 Å². The van der Waals surface area contributed by atoms with Crippen molar-refractivity contribution in [2.75, 3.05) is 33.3 Å². The molecule has 2 atom stereocenters. The summed E-state index contributed by atoms with van der Waals surface area (Å²) in [5.41, 5.74) is 1.99. The lowest BCUT2D eigenvalue weighted by Crippen LogP contribution is -2.52. The monoisotopic (exact) mass is 430 g/mol. The van der Waals surface area contributed by atoms with E-state index in [0.717, 1.165) is 12.0 Å². The van der Waals surface area contributed by atoms with Crippen LogP contribution in [0.3, 0.4) is 0 Å². The van der Waals surface area contributed by atoms with Crippen molar-refractivity contribution >= 4 is 35.2 Å². The zero-order valence-corrected chi connectivity index (χ0v) is 17.8. The van der Waals surface area contributed by atoms with Gasteiger partial charge in [0.25, 0.3) is 0 Å². The molecule has 4 rings (SSSR count). The van der Waals surface area contributed by atoms with Crippen LogP contribution in [0.2, 0.25) is 5.02 Å². The third-order valence-corrected chi connectivity index (χ3v) is 7.19. The summed E-state index contributed by atoms with van der Waals surface area (Å²) in [7, 11) is 1.39. The molecule has 1 saturated heterocycles. The molecule has 2 aliphatic rings. The zero-order chi connectivity index (χ0) is 20.4. The number of hydrogen-bond acceptors (Lipinski definition) is 5. The van der Waals surface area contributed by atoms with Crippen molar-refractivity contribution in [1.29, 1.82) is 0 Å². The van der Waals surface area contributed by atoms with Gasteiger partial charge in [0.05, 0.1) is 12.4 Å². The van der Waals surface area contributed by atoms with Crippen molar-refractivity contribution < 1.29 is 14.3 Å². The predicted molar refractivity (Wildman–Crippen MR) is 114 cm³/mol. The number of carbonyl (C=O) groups excluding carboxylic acids is 2. The fourth-order valence-corrected chi connectivity index (χ4v) is 5.52. The van der Waals surface area contributed by atoms with Crippen LogP contribution in [0.15, 0.2) is 53.4 Å². The van der Waals surface area contributed by atoms with Crippen LogP contribution in [0.25, 0.3) is 0 Å². The summed E-state index contributed by atoms with van der Waals surface area (Å²) in [5.74, 6) is -0.155. The van der Waals surface area contributed by atoms with Gasteiger partial charge in [0.1, 0.15) is 6.04 Å². The smallest absolute Gasteiger partial charge is 0.327 e. The lowest BCUT2D eigenvalue weighted by molar-refractivity contribution is -0.148. The van der Waals surface area contributed by atoms with Gasteiger partial charge in [-0.15, -0.1) is 11.8 Å². The van der Waals surface area contributed by atoms with Gasteiger partial charge in [0, 0.05) is 36.1 Å². The molecule has 0 spiro atoms. The number of esters is 1. The number of carbonyl (C=O) groups is 2. The number of thioether (sulfide) groups is 1. The Morgan fingerprint density at radius 1 is 1.07 bits per heavy atom. The van der Waals surface area contributed by atoms with Gasteiger partial charge in [-0.3, -0.25) is 9.69 Å². The number of amides is 1. The number of rotatable bonds is 4. The minimum absolute atomic E-state index is 0.0566. The molecule has 29 heavy (non-hydrogen) atoms. The molecule has 1 fully saturated rings. The molecule has 2 aromatic carbocycles. The van der Waals surface area contributed by atoms with Gasteiger partial charge in [-0.1, -0.05) is 48.0 Å². The summed E-state index contributed by atoms with van der Waals surface area (Å²) in [4.78, 5) is 30.7. The van der Waals surface area contributed by atoms with Crippen LogP contribution in [0.5, 0.6) is 0 Å². The lowest BCUT2D eigenvalue weighted by Gasteiger charge is -2.39. The Kier molecular flexibility index (Phi) is 6.13. The quantitative estimate of drug-likeness (QED) is 0.696. The van der Waals surface area contributed by atoms with E-state index in [9.17, 15) is 9.59 Å². The molecule has 7 heteroatoms. The van der Waals surface area contributed by atoms with Crippen LogP contribution in [-0.4, -0.2) is 60.2 Å². The van der Waals surface area contributed by atoms with Crippen LogP contribution in [0, 0.1) is 0 Å². The second-order valence-electron chi connectivity index (χ2n) is 7.23. The van der Waals surface area contributed by atoms with Crippen molar-refractivity contribution in [3.63, 3.8) is 0 Å². The maximum absolute atomic E-state index is 13.0.